The summed E-state index contributed by atoms with van der Waals surface area (Å²) in [4.78, 5) is 18.3. The Morgan fingerprint density at radius 3 is 2.44 bits per heavy atom. The van der Waals surface area contributed by atoms with E-state index in [1.54, 1.807) is 19.2 Å². The molecule has 1 saturated heterocycles. The first-order valence-electron chi connectivity index (χ1n) is 9.98. The number of piperidine rings is 1. The van der Waals surface area contributed by atoms with Crippen LogP contribution in [0.3, 0.4) is 0 Å². The van der Waals surface area contributed by atoms with Gasteiger partial charge in [0.25, 0.3) is 0 Å². The Labute approximate surface area is 161 Å². The van der Waals surface area contributed by atoms with E-state index in [1.165, 1.54) is 12.0 Å². The molecule has 1 aromatic carbocycles. The summed E-state index contributed by atoms with van der Waals surface area (Å²) >= 11 is 0. The lowest BCUT2D eigenvalue weighted by atomic mass is 9.64. The molecule has 0 atom stereocenters. The quantitative estimate of drug-likeness (QED) is 0.615. The normalized spacial score (nSPS) is 20.1. The molecule has 0 radical (unpaired) electrons. The van der Waals surface area contributed by atoms with Crippen LogP contribution in [0.5, 0.6) is 0 Å². The molecule has 1 heterocycles. The van der Waals surface area contributed by atoms with Gasteiger partial charge >= 0.3 is 0 Å². The van der Waals surface area contributed by atoms with Crippen LogP contribution < -0.4 is 10.6 Å². The molecule has 0 aromatic heterocycles. The molecule has 1 aliphatic heterocycles. The van der Waals surface area contributed by atoms with Gasteiger partial charge in [-0.2, -0.15) is 0 Å². The van der Waals surface area contributed by atoms with Crippen LogP contribution in [0.15, 0.2) is 29.3 Å². The monoisotopic (exact) mass is 374 g/mol. The number of amides is 1. The van der Waals surface area contributed by atoms with Crippen molar-refractivity contribution in [3.8, 4) is 0 Å². The first kappa shape index (κ1) is 19.6. The molecule has 1 amide bonds. The summed E-state index contributed by atoms with van der Waals surface area (Å²) in [5, 5.41) is 6.28. The molecular formula is C21H31FN4O. The number of carbonyl (C=O) groups is 1. The lowest BCUT2D eigenvalue weighted by Crippen LogP contribution is -2.51. The molecule has 2 fully saturated rings. The number of likely N-dealkylation sites (tertiary alicyclic amines) is 1. The highest BCUT2D eigenvalue weighted by molar-refractivity contribution is 5.80. The summed E-state index contributed by atoms with van der Waals surface area (Å²) in [6, 6.07) is 6.95. The van der Waals surface area contributed by atoms with Gasteiger partial charge in [-0.1, -0.05) is 18.6 Å². The van der Waals surface area contributed by atoms with Crippen LogP contribution in [0.4, 0.5) is 4.39 Å². The Balaban J connectivity index is 1.55. The summed E-state index contributed by atoms with van der Waals surface area (Å²) in [6.07, 6.45) is 6.09. The van der Waals surface area contributed by atoms with Crippen molar-refractivity contribution in [3.05, 3.63) is 35.6 Å². The Hall–Kier alpha value is -2.11. The SMILES string of the molecule is CN=C(NCC1(c2ccc(F)cc2)CCC1)N1CCC(CC(=O)NC)CC1. The average molecular weight is 375 g/mol. The van der Waals surface area contributed by atoms with Gasteiger partial charge in [-0.05, 0) is 49.3 Å². The maximum atomic E-state index is 13.3. The van der Waals surface area contributed by atoms with E-state index in [0.29, 0.717) is 12.3 Å². The fourth-order valence-corrected chi connectivity index (χ4v) is 4.27. The number of aliphatic imine (C=N–C) groups is 1. The third-order valence-electron chi connectivity index (χ3n) is 6.23. The van der Waals surface area contributed by atoms with Gasteiger partial charge in [-0.15, -0.1) is 0 Å². The second-order valence-electron chi connectivity index (χ2n) is 7.85. The number of nitrogens with zero attached hydrogens (tertiary/aromatic N) is 2. The maximum Gasteiger partial charge on any atom is 0.220 e. The second kappa shape index (κ2) is 8.72. The van der Waals surface area contributed by atoms with E-state index < -0.39 is 0 Å². The number of rotatable bonds is 5. The number of nitrogens with one attached hydrogen (secondary N) is 2. The molecule has 0 unspecified atom stereocenters. The number of guanidine groups is 1. The van der Waals surface area contributed by atoms with Crippen molar-refractivity contribution in [2.24, 2.45) is 10.9 Å². The Kier molecular flexibility index (Phi) is 6.34. The molecule has 148 valence electrons. The number of halogens is 1. The minimum absolute atomic E-state index is 0.0845. The van der Waals surface area contributed by atoms with Gasteiger partial charge in [0.05, 0.1) is 0 Å². The molecule has 5 nitrogen and oxygen atoms in total. The van der Waals surface area contributed by atoms with E-state index in [-0.39, 0.29) is 17.1 Å². The van der Waals surface area contributed by atoms with Crippen molar-refractivity contribution in [3.63, 3.8) is 0 Å². The summed E-state index contributed by atoms with van der Waals surface area (Å²) in [7, 11) is 3.52. The zero-order chi connectivity index (χ0) is 19.3. The molecule has 1 aliphatic carbocycles. The smallest absolute Gasteiger partial charge is 0.220 e. The van der Waals surface area contributed by atoms with Crippen LogP contribution in [0.25, 0.3) is 0 Å². The number of hydrogen-bond donors (Lipinski definition) is 2. The van der Waals surface area contributed by atoms with Gasteiger partial charge in [0.15, 0.2) is 5.96 Å². The van der Waals surface area contributed by atoms with Crippen LogP contribution in [0, 0.1) is 11.7 Å². The first-order valence-corrected chi connectivity index (χ1v) is 9.98. The van der Waals surface area contributed by atoms with Gasteiger partial charge in [0, 0.05) is 45.6 Å². The number of benzene rings is 1. The van der Waals surface area contributed by atoms with Crippen molar-refractivity contribution < 1.29 is 9.18 Å². The fourth-order valence-electron chi connectivity index (χ4n) is 4.27. The third kappa shape index (κ3) is 4.60. The van der Waals surface area contributed by atoms with Crippen molar-refractivity contribution in [1.82, 2.24) is 15.5 Å². The number of carbonyl (C=O) groups excluding carboxylic acids is 1. The topological polar surface area (TPSA) is 56.7 Å². The molecule has 27 heavy (non-hydrogen) atoms. The molecule has 2 aliphatic rings. The van der Waals surface area contributed by atoms with Crippen molar-refractivity contribution >= 4 is 11.9 Å². The second-order valence-corrected chi connectivity index (χ2v) is 7.85. The average Bonchev–Trinajstić information content (AvgIpc) is 2.66. The molecule has 3 rings (SSSR count). The van der Waals surface area contributed by atoms with Gasteiger partial charge in [-0.3, -0.25) is 9.79 Å². The van der Waals surface area contributed by atoms with Gasteiger partial charge in [0.1, 0.15) is 5.82 Å². The minimum atomic E-state index is -0.184. The van der Waals surface area contributed by atoms with E-state index >= 15 is 0 Å². The Bertz CT molecular complexity index is 661. The Morgan fingerprint density at radius 1 is 1.26 bits per heavy atom. The van der Waals surface area contributed by atoms with Gasteiger partial charge < -0.3 is 15.5 Å². The molecule has 1 saturated carbocycles. The third-order valence-corrected chi connectivity index (χ3v) is 6.23. The van der Waals surface area contributed by atoms with Crippen LogP contribution in [0.2, 0.25) is 0 Å². The van der Waals surface area contributed by atoms with Crippen molar-refractivity contribution in [2.45, 2.75) is 43.9 Å². The standard InChI is InChI=1S/C21H31FN4O/c1-23-19(27)14-16-8-12-26(13-9-16)20(24-2)25-15-21(10-3-11-21)17-4-6-18(22)7-5-17/h4-7,16H,3,8-15H2,1-2H3,(H,23,27)(H,24,25). The maximum absolute atomic E-state index is 13.3. The van der Waals surface area contributed by atoms with E-state index in [0.717, 1.165) is 51.3 Å². The van der Waals surface area contributed by atoms with E-state index in [2.05, 4.69) is 20.5 Å². The van der Waals surface area contributed by atoms with Gasteiger partial charge in [0.2, 0.25) is 5.91 Å². The summed E-state index contributed by atoms with van der Waals surface area (Å²) in [5.41, 5.74) is 1.30. The van der Waals surface area contributed by atoms with Crippen molar-refractivity contribution in [2.75, 3.05) is 33.7 Å². The highest BCUT2D eigenvalue weighted by Gasteiger charge is 2.39. The molecule has 6 heteroatoms. The van der Waals surface area contributed by atoms with Crippen LogP contribution in [0.1, 0.15) is 44.1 Å². The van der Waals surface area contributed by atoms with Crippen molar-refractivity contribution in [1.29, 1.82) is 0 Å². The molecular weight excluding hydrogens is 343 g/mol. The molecule has 0 bridgehead atoms. The highest BCUT2D eigenvalue weighted by Crippen LogP contribution is 2.43. The zero-order valence-corrected chi connectivity index (χ0v) is 16.4. The molecule has 1 aromatic rings. The summed E-state index contributed by atoms with van der Waals surface area (Å²) in [6.45, 7) is 2.67. The van der Waals surface area contributed by atoms with Crippen LogP contribution in [-0.2, 0) is 10.2 Å². The largest absolute Gasteiger partial charge is 0.359 e. The lowest BCUT2D eigenvalue weighted by Gasteiger charge is -2.44. The van der Waals surface area contributed by atoms with E-state index in [1.807, 2.05) is 19.2 Å². The predicted octanol–water partition coefficient (Wildman–Crippen LogP) is 2.67. The zero-order valence-electron chi connectivity index (χ0n) is 16.4. The minimum Gasteiger partial charge on any atom is -0.359 e. The van der Waals surface area contributed by atoms with Gasteiger partial charge in [-0.25, -0.2) is 4.39 Å². The lowest BCUT2D eigenvalue weighted by molar-refractivity contribution is -0.121. The molecule has 2 N–H and O–H groups in total. The van der Waals surface area contributed by atoms with Crippen LogP contribution >= 0.6 is 0 Å². The van der Waals surface area contributed by atoms with E-state index in [4.69, 9.17) is 0 Å². The van der Waals surface area contributed by atoms with E-state index in [9.17, 15) is 9.18 Å². The summed E-state index contributed by atoms with van der Waals surface area (Å²) < 4.78 is 13.3. The predicted molar refractivity (Wildman–Crippen MR) is 106 cm³/mol. The Morgan fingerprint density at radius 2 is 1.93 bits per heavy atom. The number of hydrogen-bond acceptors (Lipinski definition) is 2. The highest BCUT2D eigenvalue weighted by atomic mass is 19.1. The summed E-state index contributed by atoms with van der Waals surface area (Å²) in [5.74, 6) is 1.33. The first-order chi connectivity index (χ1) is 13.1. The van der Waals surface area contributed by atoms with Crippen LogP contribution in [-0.4, -0.2) is 50.5 Å². The fraction of sp³-hybridized carbons (Fsp3) is 0.619. The molecule has 0 spiro atoms.